The molecule has 1 saturated heterocycles. The van der Waals surface area contributed by atoms with Crippen LogP contribution in [-0.4, -0.2) is 22.8 Å². The van der Waals surface area contributed by atoms with Gasteiger partial charge in [-0.3, -0.25) is 9.59 Å². The Hall–Kier alpha value is -0.230. The summed E-state index contributed by atoms with van der Waals surface area (Å²) in [5.74, 6) is -0.0649. The van der Waals surface area contributed by atoms with Crippen LogP contribution < -0.4 is 4.90 Å². The molecule has 102 valence electrons. The summed E-state index contributed by atoms with van der Waals surface area (Å²) in [6, 6.07) is 3.39. The van der Waals surface area contributed by atoms with Crippen LogP contribution >= 0.6 is 50.9 Å². The van der Waals surface area contributed by atoms with Crippen LogP contribution in [0.3, 0.4) is 0 Å². The molecule has 1 aromatic rings. The van der Waals surface area contributed by atoms with Crippen molar-refractivity contribution >= 4 is 67.6 Å². The van der Waals surface area contributed by atoms with Gasteiger partial charge in [0.1, 0.15) is 0 Å². The van der Waals surface area contributed by atoms with Crippen LogP contribution in [-0.2, 0) is 9.59 Å². The lowest BCUT2D eigenvalue weighted by atomic mass is 10.3. The van der Waals surface area contributed by atoms with Gasteiger partial charge in [0.25, 0.3) is 0 Å². The lowest BCUT2D eigenvalue weighted by molar-refractivity contribution is -0.117. The summed E-state index contributed by atoms with van der Waals surface area (Å²) in [5.41, 5.74) is 0.517. The zero-order chi connectivity index (χ0) is 14.2. The highest BCUT2D eigenvalue weighted by molar-refractivity contribution is 9.10. The summed E-state index contributed by atoms with van der Waals surface area (Å²) in [6.45, 7) is 1.95. The topological polar surface area (TPSA) is 37.4 Å². The van der Waals surface area contributed by atoms with Crippen molar-refractivity contribution in [3.05, 3.63) is 26.7 Å². The Balaban J connectivity index is 2.28. The molecule has 0 radical (unpaired) electrons. The molecule has 1 aliphatic heterocycles. The summed E-state index contributed by atoms with van der Waals surface area (Å²) < 4.78 is 0.757. The van der Waals surface area contributed by atoms with Gasteiger partial charge in [-0.05, 0) is 12.1 Å². The van der Waals surface area contributed by atoms with E-state index in [1.807, 2.05) is 0 Å². The smallest absolute Gasteiger partial charge is 0.228 e. The number of benzene rings is 1. The first-order valence-electron chi connectivity index (χ1n) is 5.50. The summed E-state index contributed by atoms with van der Waals surface area (Å²) in [5, 5.41) is 0.802. The molecule has 1 fully saturated rings. The van der Waals surface area contributed by atoms with Gasteiger partial charge in [-0.1, -0.05) is 50.9 Å². The Morgan fingerprint density at radius 1 is 1.42 bits per heavy atom. The van der Waals surface area contributed by atoms with E-state index in [0.29, 0.717) is 28.7 Å². The minimum Gasteiger partial charge on any atom is -0.308 e. The number of thioether (sulfide) groups is 1. The monoisotopic (exact) mass is 381 g/mol. The lowest BCUT2D eigenvalue weighted by Crippen LogP contribution is -2.25. The Labute approximate surface area is 133 Å². The Kier molecular flexibility index (Phi) is 4.82. The third kappa shape index (κ3) is 3.45. The standard InChI is InChI=1S/C12H10BrCl2NO2S/c1-6(17)19-8-4-11(18)16(5-8)12-9(14)2-7(13)3-10(12)15/h2-3,8H,4-5H2,1H3. The highest BCUT2D eigenvalue weighted by atomic mass is 79.9. The maximum Gasteiger partial charge on any atom is 0.228 e. The van der Waals surface area contributed by atoms with E-state index in [-0.39, 0.29) is 16.3 Å². The van der Waals surface area contributed by atoms with E-state index in [1.54, 1.807) is 17.0 Å². The van der Waals surface area contributed by atoms with Gasteiger partial charge >= 0.3 is 0 Å². The summed E-state index contributed by atoms with van der Waals surface area (Å²) >= 11 is 16.8. The highest BCUT2D eigenvalue weighted by Crippen LogP contribution is 2.40. The van der Waals surface area contributed by atoms with E-state index >= 15 is 0 Å². The lowest BCUT2D eigenvalue weighted by Gasteiger charge is -2.19. The highest BCUT2D eigenvalue weighted by Gasteiger charge is 2.34. The average Bonchev–Trinajstić information content (AvgIpc) is 2.57. The third-order valence-electron chi connectivity index (χ3n) is 2.67. The Bertz CT molecular complexity index is 530. The number of amides is 1. The molecule has 3 nitrogen and oxygen atoms in total. The maximum atomic E-state index is 12.0. The van der Waals surface area contributed by atoms with Gasteiger partial charge in [-0.15, -0.1) is 0 Å². The average molecular weight is 383 g/mol. The molecule has 0 bridgehead atoms. The molecule has 1 amide bonds. The van der Waals surface area contributed by atoms with E-state index in [0.717, 1.165) is 4.47 Å². The van der Waals surface area contributed by atoms with Crippen molar-refractivity contribution in [2.75, 3.05) is 11.4 Å². The molecule has 0 aliphatic carbocycles. The van der Waals surface area contributed by atoms with Gasteiger partial charge in [0.05, 0.1) is 15.7 Å². The van der Waals surface area contributed by atoms with Gasteiger partial charge < -0.3 is 4.90 Å². The number of carbonyl (C=O) groups excluding carboxylic acids is 2. The SMILES string of the molecule is CC(=O)SC1CC(=O)N(c2c(Cl)cc(Br)cc2Cl)C1. The molecule has 1 atom stereocenters. The van der Waals surface area contributed by atoms with Crippen LogP contribution in [0, 0.1) is 0 Å². The fourth-order valence-corrected chi connectivity index (χ4v) is 4.33. The number of anilines is 1. The fourth-order valence-electron chi connectivity index (χ4n) is 2.00. The van der Waals surface area contributed by atoms with Crippen LogP contribution in [0.4, 0.5) is 5.69 Å². The fraction of sp³-hybridized carbons (Fsp3) is 0.333. The first kappa shape index (κ1) is 15.2. The van der Waals surface area contributed by atoms with Gasteiger partial charge in [0.15, 0.2) is 5.12 Å². The second-order valence-electron chi connectivity index (χ2n) is 4.16. The van der Waals surface area contributed by atoms with Crippen LogP contribution in [0.2, 0.25) is 10.0 Å². The predicted octanol–water partition coefficient (Wildman–Crippen LogP) is 4.14. The molecule has 2 rings (SSSR count). The van der Waals surface area contributed by atoms with Crippen LogP contribution in [0.25, 0.3) is 0 Å². The van der Waals surface area contributed by atoms with E-state index in [1.165, 1.54) is 18.7 Å². The largest absolute Gasteiger partial charge is 0.308 e. The number of carbonyl (C=O) groups is 2. The van der Waals surface area contributed by atoms with Crippen LogP contribution in [0.1, 0.15) is 13.3 Å². The predicted molar refractivity (Wildman–Crippen MR) is 83.2 cm³/mol. The Morgan fingerprint density at radius 3 is 2.53 bits per heavy atom. The molecular weight excluding hydrogens is 373 g/mol. The van der Waals surface area contributed by atoms with Crippen molar-refractivity contribution in [3.8, 4) is 0 Å². The first-order valence-corrected chi connectivity index (χ1v) is 7.93. The number of hydrogen-bond donors (Lipinski definition) is 0. The minimum absolute atomic E-state index is 0.00708. The molecular formula is C12H10BrCl2NO2S. The molecule has 0 N–H and O–H groups in total. The normalized spacial score (nSPS) is 19.1. The van der Waals surface area contributed by atoms with E-state index in [4.69, 9.17) is 23.2 Å². The van der Waals surface area contributed by atoms with Crippen molar-refractivity contribution in [3.63, 3.8) is 0 Å². The van der Waals surface area contributed by atoms with E-state index < -0.39 is 0 Å². The molecule has 1 aliphatic rings. The quantitative estimate of drug-likeness (QED) is 0.771. The molecule has 1 heterocycles. The van der Waals surface area contributed by atoms with Crippen molar-refractivity contribution in [1.82, 2.24) is 0 Å². The van der Waals surface area contributed by atoms with Crippen molar-refractivity contribution < 1.29 is 9.59 Å². The van der Waals surface area contributed by atoms with Crippen molar-refractivity contribution in [1.29, 1.82) is 0 Å². The molecule has 0 spiro atoms. The van der Waals surface area contributed by atoms with E-state index in [2.05, 4.69) is 15.9 Å². The number of hydrogen-bond acceptors (Lipinski definition) is 3. The number of rotatable bonds is 2. The molecule has 1 aromatic carbocycles. The van der Waals surface area contributed by atoms with Gasteiger partial charge in [0, 0.05) is 29.6 Å². The Morgan fingerprint density at radius 2 is 2.00 bits per heavy atom. The van der Waals surface area contributed by atoms with Crippen LogP contribution in [0.5, 0.6) is 0 Å². The third-order valence-corrected chi connectivity index (χ3v) is 4.69. The molecule has 7 heteroatoms. The second kappa shape index (κ2) is 6.04. The summed E-state index contributed by atoms with van der Waals surface area (Å²) in [4.78, 5) is 24.7. The molecule has 19 heavy (non-hydrogen) atoms. The molecule has 1 unspecified atom stereocenters. The zero-order valence-electron chi connectivity index (χ0n) is 9.95. The molecule has 0 saturated carbocycles. The minimum atomic E-state index is -0.0649. The summed E-state index contributed by atoms with van der Waals surface area (Å²) in [6.07, 6.45) is 0.326. The van der Waals surface area contributed by atoms with Crippen molar-refractivity contribution in [2.45, 2.75) is 18.6 Å². The van der Waals surface area contributed by atoms with Crippen LogP contribution in [0.15, 0.2) is 16.6 Å². The molecule has 0 aromatic heterocycles. The number of halogens is 3. The second-order valence-corrected chi connectivity index (χ2v) is 7.37. The number of nitrogens with zero attached hydrogens (tertiary/aromatic N) is 1. The van der Waals surface area contributed by atoms with Gasteiger partial charge in [0.2, 0.25) is 5.91 Å². The van der Waals surface area contributed by atoms with E-state index in [9.17, 15) is 9.59 Å². The van der Waals surface area contributed by atoms with Gasteiger partial charge in [-0.25, -0.2) is 0 Å². The van der Waals surface area contributed by atoms with Crippen molar-refractivity contribution in [2.24, 2.45) is 0 Å². The van der Waals surface area contributed by atoms with Gasteiger partial charge in [-0.2, -0.15) is 0 Å². The first-order chi connectivity index (χ1) is 8.88. The maximum absolute atomic E-state index is 12.0. The summed E-state index contributed by atoms with van der Waals surface area (Å²) in [7, 11) is 0. The zero-order valence-corrected chi connectivity index (χ0v) is 13.9.